The summed E-state index contributed by atoms with van der Waals surface area (Å²) in [7, 11) is 0. The van der Waals surface area contributed by atoms with Crippen molar-refractivity contribution >= 4 is 23.2 Å². The number of benzene rings is 1. The molecule has 2 rings (SSSR count). The van der Waals surface area contributed by atoms with Gasteiger partial charge in [0.1, 0.15) is 0 Å². The third-order valence-electron chi connectivity index (χ3n) is 3.27. The minimum Gasteiger partial charge on any atom is -0.326 e. The van der Waals surface area contributed by atoms with Gasteiger partial charge in [0.2, 0.25) is 11.8 Å². The molecule has 1 heterocycles. The van der Waals surface area contributed by atoms with E-state index >= 15 is 0 Å². The number of hydrogen-bond donors (Lipinski definition) is 3. The summed E-state index contributed by atoms with van der Waals surface area (Å²) in [6.45, 7) is 4.40. The fraction of sp³-hybridized carbons (Fsp3) is 0.429. The zero-order valence-electron chi connectivity index (χ0n) is 11.2. The van der Waals surface area contributed by atoms with E-state index in [9.17, 15) is 9.59 Å². The van der Waals surface area contributed by atoms with E-state index in [0.29, 0.717) is 17.3 Å². The average Bonchev–Trinajstić information content (AvgIpc) is 2.75. The first-order chi connectivity index (χ1) is 9.06. The van der Waals surface area contributed by atoms with E-state index in [4.69, 9.17) is 0 Å². The molecule has 0 radical (unpaired) electrons. The molecular formula is C14H19N3O2. The topological polar surface area (TPSA) is 70.2 Å². The van der Waals surface area contributed by atoms with Gasteiger partial charge >= 0.3 is 0 Å². The Morgan fingerprint density at radius 3 is 2.53 bits per heavy atom. The Kier molecular flexibility index (Phi) is 4.16. The molecule has 1 saturated heterocycles. The van der Waals surface area contributed by atoms with Crippen LogP contribution in [-0.4, -0.2) is 24.4 Å². The molecule has 2 unspecified atom stereocenters. The summed E-state index contributed by atoms with van der Waals surface area (Å²) in [5, 5.41) is 8.76. The minimum atomic E-state index is -0.135. The van der Waals surface area contributed by atoms with Crippen LogP contribution in [0.1, 0.15) is 20.3 Å². The summed E-state index contributed by atoms with van der Waals surface area (Å²) in [6, 6.07) is 7.01. The van der Waals surface area contributed by atoms with Crippen LogP contribution in [0.2, 0.25) is 0 Å². The van der Waals surface area contributed by atoms with Crippen molar-refractivity contribution in [3.63, 3.8) is 0 Å². The summed E-state index contributed by atoms with van der Waals surface area (Å²) >= 11 is 0. The predicted molar refractivity (Wildman–Crippen MR) is 74.9 cm³/mol. The Balaban J connectivity index is 2.02. The molecule has 3 N–H and O–H groups in total. The lowest BCUT2D eigenvalue weighted by atomic mass is 10.0. The van der Waals surface area contributed by atoms with Gasteiger partial charge in [-0.05, 0) is 37.1 Å². The van der Waals surface area contributed by atoms with Crippen molar-refractivity contribution in [2.45, 2.75) is 26.3 Å². The van der Waals surface area contributed by atoms with Crippen molar-refractivity contribution in [1.29, 1.82) is 0 Å². The van der Waals surface area contributed by atoms with Crippen LogP contribution in [0.15, 0.2) is 24.3 Å². The van der Waals surface area contributed by atoms with Crippen LogP contribution in [0, 0.1) is 5.92 Å². The van der Waals surface area contributed by atoms with E-state index in [1.165, 1.54) is 6.92 Å². The summed E-state index contributed by atoms with van der Waals surface area (Å²) in [4.78, 5) is 23.1. The summed E-state index contributed by atoms with van der Waals surface area (Å²) < 4.78 is 0. The average molecular weight is 261 g/mol. The van der Waals surface area contributed by atoms with E-state index in [2.05, 4.69) is 22.9 Å². The molecule has 1 fully saturated rings. The van der Waals surface area contributed by atoms with Crippen LogP contribution in [0.5, 0.6) is 0 Å². The number of rotatable bonds is 3. The molecule has 1 aromatic carbocycles. The zero-order chi connectivity index (χ0) is 13.8. The highest BCUT2D eigenvalue weighted by atomic mass is 16.2. The smallest absolute Gasteiger partial charge is 0.241 e. The van der Waals surface area contributed by atoms with Gasteiger partial charge in [-0.2, -0.15) is 0 Å². The second kappa shape index (κ2) is 5.84. The Bertz CT molecular complexity index is 487. The Hall–Kier alpha value is -1.88. The molecule has 5 heteroatoms. The van der Waals surface area contributed by atoms with Gasteiger partial charge in [-0.25, -0.2) is 0 Å². The molecule has 19 heavy (non-hydrogen) atoms. The van der Waals surface area contributed by atoms with Crippen molar-refractivity contribution in [2.75, 3.05) is 17.2 Å². The van der Waals surface area contributed by atoms with Crippen LogP contribution in [0.25, 0.3) is 0 Å². The highest BCUT2D eigenvalue weighted by molar-refractivity contribution is 5.96. The molecule has 5 nitrogen and oxygen atoms in total. The molecular weight excluding hydrogens is 242 g/mol. The van der Waals surface area contributed by atoms with Crippen LogP contribution in [0.3, 0.4) is 0 Å². The lowest BCUT2D eigenvalue weighted by Crippen LogP contribution is -2.39. The van der Waals surface area contributed by atoms with Gasteiger partial charge in [-0.1, -0.05) is 13.0 Å². The number of anilines is 2. The molecule has 1 aliphatic heterocycles. The van der Waals surface area contributed by atoms with Crippen LogP contribution in [-0.2, 0) is 9.59 Å². The zero-order valence-corrected chi connectivity index (χ0v) is 11.2. The first-order valence-corrected chi connectivity index (χ1v) is 6.48. The maximum absolute atomic E-state index is 12.1. The highest BCUT2D eigenvalue weighted by Crippen LogP contribution is 2.19. The van der Waals surface area contributed by atoms with Gasteiger partial charge in [0.15, 0.2) is 0 Å². The summed E-state index contributed by atoms with van der Waals surface area (Å²) in [6.07, 6.45) is 1.02. The molecule has 0 saturated carbocycles. The van der Waals surface area contributed by atoms with Crippen molar-refractivity contribution in [3.8, 4) is 0 Å². The quantitative estimate of drug-likeness (QED) is 0.773. The molecule has 1 aromatic rings. The van der Waals surface area contributed by atoms with Gasteiger partial charge in [0.05, 0.1) is 6.04 Å². The first kappa shape index (κ1) is 13.5. The number of amides is 2. The van der Waals surface area contributed by atoms with Crippen molar-refractivity contribution < 1.29 is 9.59 Å². The Labute approximate surface area is 112 Å². The second-order valence-electron chi connectivity index (χ2n) is 4.95. The number of hydrogen-bond acceptors (Lipinski definition) is 3. The number of carbonyl (C=O) groups excluding carboxylic acids is 2. The lowest BCUT2D eigenvalue weighted by molar-refractivity contribution is -0.118. The largest absolute Gasteiger partial charge is 0.326 e. The normalized spacial score (nSPS) is 22.0. The first-order valence-electron chi connectivity index (χ1n) is 6.48. The molecule has 2 atom stereocenters. The van der Waals surface area contributed by atoms with Gasteiger partial charge in [-0.15, -0.1) is 0 Å². The van der Waals surface area contributed by atoms with Crippen LogP contribution < -0.4 is 16.0 Å². The standard InChI is InChI=1S/C14H19N3O2/c1-9-6-7-15-13(9)14(19)17-12-5-3-4-11(8-12)16-10(2)18/h3-5,8-9,13,15H,6-7H2,1-2H3,(H,16,18)(H,17,19). The fourth-order valence-corrected chi connectivity index (χ4v) is 2.28. The third kappa shape index (κ3) is 3.54. The molecule has 2 amide bonds. The molecule has 102 valence electrons. The second-order valence-corrected chi connectivity index (χ2v) is 4.95. The Morgan fingerprint density at radius 2 is 1.95 bits per heavy atom. The molecule has 1 aliphatic rings. The van der Waals surface area contributed by atoms with Crippen LogP contribution in [0.4, 0.5) is 11.4 Å². The van der Waals surface area contributed by atoms with Crippen LogP contribution >= 0.6 is 0 Å². The molecule has 0 bridgehead atoms. The monoisotopic (exact) mass is 261 g/mol. The summed E-state index contributed by atoms with van der Waals surface area (Å²) in [5.41, 5.74) is 1.37. The SMILES string of the molecule is CC(=O)Nc1cccc(NC(=O)C2NCCC2C)c1. The van der Waals surface area contributed by atoms with E-state index in [0.717, 1.165) is 13.0 Å². The fourth-order valence-electron chi connectivity index (χ4n) is 2.28. The number of carbonyl (C=O) groups is 2. The van der Waals surface area contributed by atoms with Crippen molar-refractivity contribution in [1.82, 2.24) is 5.32 Å². The van der Waals surface area contributed by atoms with Crippen molar-refractivity contribution in [3.05, 3.63) is 24.3 Å². The third-order valence-corrected chi connectivity index (χ3v) is 3.27. The van der Waals surface area contributed by atoms with E-state index in [1.807, 2.05) is 6.07 Å². The lowest BCUT2D eigenvalue weighted by Gasteiger charge is -2.15. The van der Waals surface area contributed by atoms with E-state index in [-0.39, 0.29) is 17.9 Å². The maximum Gasteiger partial charge on any atom is 0.241 e. The highest BCUT2D eigenvalue weighted by Gasteiger charge is 2.29. The summed E-state index contributed by atoms with van der Waals surface area (Å²) in [5.74, 6) is 0.193. The maximum atomic E-state index is 12.1. The van der Waals surface area contributed by atoms with Gasteiger partial charge in [-0.3, -0.25) is 9.59 Å². The molecule has 0 aliphatic carbocycles. The predicted octanol–water partition coefficient (Wildman–Crippen LogP) is 1.58. The molecule has 0 aromatic heterocycles. The van der Waals surface area contributed by atoms with Gasteiger partial charge in [0.25, 0.3) is 0 Å². The Morgan fingerprint density at radius 1 is 1.26 bits per heavy atom. The van der Waals surface area contributed by atoms with Crippen molar-refractivity contribution in [2.24, 2.45) is 5.92 Å². The molecule has 0 spiro atoms. The van der Waals surface area contributed by atoms with E-state index < -0.39 is 0 Å². The van der Waals surface area contributed by atoms with Gasteiger partial charge in [0, 0.05) is 18.3 Å². The van der Waals surface area contributed by atoms with E-state index in [1.54, 1.807) is 18.2 Å². The van der Waals surface area contributed by atoms with Gasteiger partial charge < -0.3 is 16.0 Å². The minimum absolute atomic E-state index is 0.0232. The number of nitrogens with one attached hydrogen (secondary N) is 3.